The van der Waals surface area contributed by atoms with Crippen molar-refractivity contribution in [3.63, 3.8) is 0 Å². The van der Waals surface area contributed by atoms with E-state index in [1.54, 1.807) is 6.08 Å². The average molecular weight is 384 g/mol. The van der Waals surface area contributed by atoms with E-state index in [1.165, 1.54) is 13.2 Å². The van der Waals surface area contributed by atoms with Crippen molar-refractivity contribution in [1.29, 1.82) is 0 Å². The van der Waals surface area contributed by atoms with Gasteiger partial charge in [-0.2, -0.15) is 0 Å². The van der Waals surface area contributed by atoms with Gasteiger partial charge in [-0.25, -0.2) is 4.79 Å². The summed E-state index contributed by atoms with van der Waals surface area (Å²) < 4.78 is 35.2. The molecule has 3 aliphatic rings. The van der Waals surface area contributed by atoms with E-state index in [9.17, 15) is 4.79 Å². The molecule has 154 valence electrons. The summed E-state index contributed by atoms with van der Waals surface area (Å²) in [4.78, 5) is 11.6. The maximum absolute atomic E-state index is 11.6. The van der Waals surface area contributed by atoms with E-state index < -0.39 is 23.6 Å². The van der Waals surface area contributed by atoms with Crippen LogP contribution in [0.5, 0.6) is 0 Å². The van der Waals surface area contributed by atoms with Crippen molar-refractivity contribution in [3.05, 3.63) is 12.2 Å². The molecular weight excluding hydrogens is 352 g/mol. The summed E-state index contributed by atoms with van der Waals surface area (Å²) in [6.45, 7) is 8.79. The highest BCUT2D eigenvalue weighted by atomic mass is 16.8. The van der Waals surface area contributed by atoms with E-state index in [2.05, 4.69) is 0 Å². The Balaban J connectivity index is 1.86. The molecule has 3 aliphatic heterocycles. The van der Waals surface area contributed by atoms with Crippen LogP contribution >= 0.6 is 0 Å². The molecule has 3 fully saturated rings. The van der Waals surface area contributed by atoms with Crippen molar-refractivity contribution in [2.45, 2.75) is 82.9 Å². The molecule has 3 saturated heterocycles. The molecular formula is C20H32O7. The van der Waals surface area contributed by atoms with Gasteiger partial charge in [0, 0.05) is 18.6 Å². The average Bonchev–Trinajstić information content (AvgIpc) is 3.12. The number of ether oxygens (including phenoxy) is 6. The van der Waals surface area contributed by atoms with Crippen LogP contribution < -0.4 is 0 Å². The minimum absolute atomic E-state index is 0.00206. The van der Waals surface area contributed by atoms with E-state index in [0.29, 0.717) is 6.61 Å². The predicted molar refractivity (Wildman–Crippen MR) is 97.0 cm³/mol. The topological polar surface area (TPSA) is 72.5 Å². The molecule has 0 N–H and O–H groups in total. The molecule has 27 heavy (non-hydrogen) atoms. The first kappa shape index (κ1) is 20.7. The molecule has 0 spiro atoms. The summed E-state index contributed by atoms with van der Waals surface area (Å²) in [5.41, 5.74) is 0. The summed E-state index contributed by atoms with van der Waals surface area (Å²) in [5, 5.41) is 0. The van der Waals surface area contributed by atoms with Crippen LogP contribution in [0.15, 0.2) is 12.2 Å². The molecule has 7 nitrogen and oxygen atoms in total. The van der Waals surface area contributed by atoms with E-state index in [1.807, 2.05) is 27.7 Å². The van der Waals surface area contributed by atoms with Crippen LogP contribution in [0, 0.1) is 5.92 Å². The first-order valence-electron chi connectivity index (χ1n) is 9.76. The monoisotopic (exact) mass is 384 g/mol. The van der Waals surface area contributed by atoms with Gasteiger partial charge in [-0.05, 0) is 53.0 Å². The number of carbonyl (C=O) groups is 1. The molecule has 7 heteroatoms. The Hall–Kier alpha value is -0.990. The third-order valence-electron chi connectivity index (χ3n) is 5.27. The van der Waals surface area contributed by atoms with Gasteiger partial charge in [0.2, 0.25) is 0 Å². The van der Waals surface area contributed by atoms with Crippen LogP contribution in [0.4, 0.5) is 0 Å². The van der Waals surface area contributed by atoms with Gasteiger partial charge in [0.15, 0.2) is 11.6 Å². The number of hydrogen-bond acceptors (Lipinski definition) is 7. The fourth-order valence-electron chi connectivity index (χ4n) is 4.14. The third kappa shape index (κ3) is 5.09. The van der Waals surface area contributed by atoms with Crippen LogP contribution in [0.25, 0.3) is 0 Å². The van der Waals surface area contributed by atoms with Gasteiger partial charge in [0.25, 0.3) is 0 Å². The van der Waals surface area contributed by atoms with Crippen molar-refractivity contribution in [3.8, 4) is 0 Å². The highest BCUT2D eigenvalue weighted by molar-refractivity contribution is 5.81. The number of esters is 1. The van der Waals surface area contributed by atoms with Crippen LogP contribution in [-0.4, -0.2) is 62.3 Å². The second kappa shape index (κ2) is 8.17. The van der Waals surface area contributed by atoms with Crippen molar-refractivity contribution in [1.82, 2.24) is 0 Å². The highest BCUT2D eigenvalue weighted by Gasteiger charge is 2.52. The van der Waals surface area contributed by atoms with Crippen LogP contribution in [0.1, 0.15) is 47.0 Å². The molecule has 3 heterocycles. The van der Waals surface area contributed by atoms with Gasteiger partial charge in [-0.1, -0.05) is 0 Å². The lowest BCUT2D eigenvalue weighted by Gasteiger charge is -2.37. The first-order valence-corrected chi connectivity index (χ1v) is 9.76. The van der Waals surface area contributed by atoms with Crippen LogP contribution in [0.3, 0.4) is 0 Å². The molecule has 0 bridgehead atoms. The lowest BCUT2D eigenvalue weighted by Crippen LogP contribution is -2.48. The number of rotatable bonds is 5. The van der Waals surface area contributed by atoms with E-state index in [0.717, 1.165) is 25.9 Å². The van der Waals surface area contributed by atoms with Crippen molar-refractivity contribution in [2.24, 2.45) is 5.92 Å². The van der Waals surface area contributed by atoms with Crippen LogP contribution in [-0.2, 0) is 33.2 Å². The maximum atomic E-state index is 11.6. The third-order valence-corrected chi connectivity index (χ3v) is 5.27. The second-order valence-electron chi connectivity index (χ2n) is 8.30. The zero-order valence-corrected chi connectivity index (χ0v) is 16.9. The maximum Gasteiger partial charge on any atom is 0.330 e. The molecule has 3 rings (SSSR count). The number of methoxy groups -OCH3 is 1. The molecule has 0 aliphatic carbocycles. The van der Waals surface area contributed by atoms with Crippen molar-refractivity contribution < 1.29 is 33.2 Å². The Labute approximate surface area is 161 Å². The standard InChI is InChI=1S/C20H32O7/c1-19(2)24-12-15(26-19)17(13-8-6-7-11-23-13)18-14(9-10-16(21)22-5)25-20(3,4)27-18/h9-10,13-15,17-18H,6-8,11-12H2,1-5H3/b10-9+/t13?,14-,15+,17+,18+/m0/s1. The number of carbonyl (C=O) groups excluding carboxylic acids is 1. The molecule has 0 radical (unpaired) electrons. The van der Waals surface area contributed by atoms with E-state index in [-0.39, 0.29) is 24.2 Å². The Bertz CT molecular complexity index is 551. The second-order valence-corrected chi connectivity index (χ2v) is 8.30. The van der Waals surface area contributed by atoms with Crippen molar-refractivity contribution >= 4 is 5.97 Å². The molecule has 0 aromatic rings. The minimum atomic E-state index is -0.766. The fourth-order valence-corrected chi connectivity index (χ4v) is 4.14. The normalized spacial score (nSPS) is 36.8. The largest absolute Gasteiger partial charge is 0.466 e. The molecule has 5 atom stereocenters. The van der Waals surface area contributed by atoms with Gasteiger partial charge in [-0.15, -0.1) is 0 Å². The summed E-state index contributed by atoms with van der Waals surface area (Å²) in [6, 6.07) is 0. The lowest BCUT2D eigenvalue weighted by atomic mass is 9.84. The summed E-state index contributed by atoms with van der Waals surface area (Å²) in [7, 11) is 1.35. The van der Waals surface area contributed by atoms with Gasteiger partial charge in [-0.3, -0.25) is 0 Å². The predicted octanol–water partition coefficient (Wildman–Crippen LogP) is 2.57. The van der Waals surface area contributed by atoms with Crippen LogP contribution in [0.2, 0.25) is 0 Å². The van der Waals surface area contributed by atoms with E-state index in [4.69, 9.17) is 28.4 Å². The summed E-state index contributed by atoms with van der Waals surface area (Å²) >= 11 is 0. The summed E-state index contributed by atoms with van der Waals surface area (Å²) in [5.74, 6) is -1.89. The molecule has 0 aromatic carbocycles. The number of hydrogen-bond donors (Lipinski definition) is 0. The van der Waals surface area contributed by atoms with Gasteiger partial charge in [0.05, 0.1) is 32.0 Å². The zero-order valence-electron chi connectivity index (χ0n) is 16.9. The van der Waals surface area contributed by atoms with Gasteiger partial charge >= 0.3 is 5.97 Å². The zero-order chi connectivity index (χ0) is 19.7. The molecule has 0 aromatic heterocycles. The Morgan fingerprint density at radius 3 is 2.44 bits per heavy atom. The first-order chi connectivity index (χ1) is 12.7. The fraction of sp³-hybridized carbons (Fsp3) is 0.850. The van der Waals surface area contributed by atoms with Crippen molar-refractivity contribution in [2.75, 3.05) is 20.3 Å². The Kier molecular flexibility index (Phi) is 6.27. The van der Waals surface area contributed by atoms with E-state index >= 15 is 0 Å². The Morgan fingerprint density at radius 1 is 1.07 bits per heavy atom. The van der Waals surface area contributed by atoms with Gasteiger partial charge < -0.3 is 28.4 Å². The smallest absolute Gasteiger partial charge is 0.330 e. The minimum Gasteiger partial charge on any atom is -0.466 e. The summed E-state index contributed by atoms with van der Waals surface area (Å²) in [6.07, 6.45) is 5.33. The quantitative estimate of drug-likeness (QED) is 0.533. The Morgan fingerprint density at radius 2 is 1.85 bits per heavy atom. The molecule has 1 unspecified atom stereocenters. The SMILES string of the molecule is COC(=O)/C=C/[C@@H]1OC(C)(C)O[C@H]1[C@H](C1CCCCO1)[C@H]1COC(C)(C)O1. The molecule has 0 amide bonds. The molecule has 0 saturated carbocycles. The highest BCUT2D eigenvalue weighted by Crippen LogP contribution is 2.41. The lowest BCUT2D eigenvalue weighted by molar-refractivity contribution is -0.184. The van der Waals surface area contributed by atoms with Gasteiger partial charge in [0.1, 0.15) is 6.10 Å².